The van der Waals surface area contributed by atoms with Crippen LogP contribution in [0.1, 0.15) is 5.56 Å². The van der Waals surface area contributed by atoms with Crippen LogP contribution in [0.5, 0.6) is 0 Å². The molecule has 0 fully saturated rings. The van der Waals surface area contributed by atoms with Crippen LogP contribution in [-0.2, 0) is 4.79 Å². The van der Waals surface area contributed by atoms with E-state index in [0.717, 1.165) is 16.5 Å². The summed E-state index contributed by atoms with van der Waals surface area (Å²) < 4.78 is 0. The van der Waals surface area contributed by atoms with E-state index in [1.807, 2.05) is 42.5 Å². The number of rotatable bonds is 3. The van der Waals surface area contributed by atoms with Crippen molar-refractivity contribution in [3.63, 3.8) is 0 Å². The number of fused-ring (bicyclic) bond motifs is 1. The Kier molecular flexibility index (Phi) is 4.17. The Morgan fingerprint density at radius 1 is 1.09 bits per heavy atom. The highest BCUT2D eigenvalue weighted by molar-refractivity contribution is 6.30. The second kappa shape index (κ2) is 6.41. The molecule has 0 saturated carbocycles. The molecular weight excluding hydrogens is 296 g/mol. The maximum atomic E-state index is 12.1. The standard InChI is InChI=1S/C18H13ClN2O/c19-15-7-1-4-13(12-15)9-10-17(22)21-16-8-2-5-14-6-3-11-20-18(14)16/h1-12H,(H,21,22)/b10-9+. The predicted molar refractivity (Wildman–Crippen MR) is 90.9 cm³/mol. The topological polar surface area (TPSA) is 42.0 Å². The molecule has 0 spiro atoms. The van der Waals surface area contributed by atoms with Gasteiger partial charge in [-0.1, -0.05) is 41.9 Å². The molecule has 1 N–H and O–H groups in total. The summed E-state index contributed by atoms with van der Waals surface area (Å²) in [4.78, 5) is 16.4. The van der Waals surface area contributed by atoms with E-state index in [4.69, 9.17) is 11.6 Å². The van der Waals surface area contributed by atoms with Crippen LogP contribution in [0, 0.1) is 0 Å². The van der Waals surface area contributed by atoms with Crippen LogP contribution in [-0.4, -0.2) is 10.9 Å². The number of para-hydroxylation sites is 1. The number of anilines is 1. The van der Waals surface area contributed by atoms with Gasteiger partial charge in [0.05, 0.1) is 11.2 Å². The highest BCUT2D eigenvalue weighted by atomic mass is 35.5. The van der Waals surface area contributed by atoms with Crippen molar-refractivity contribution in [2.45, 2.75) is 0 Å². The Labute approximate surface area is 133 Å². The van der Waals surface area contributed by atoms with Crippen LogP contribution in [0.15, 0.2) is 66.9 Å². The van der Waals surface area contributed by atoms with Gasteiger partial charge in [-0.2, -0.15) is 0 Å². The number of nitrogens with one attached hydrogen (secondary N) is 1. The average molecular weight is 309 g/mol. The van der Waals surface area contributed by atoms with Crippen LogP contribution in [0.4, 0.5) is 5.69 Å². The molecule has 108 valence electrons. The van der Waals surface area contributed by atoms with Gasteiger partial charge in [0.2, 0.25) is 5.91 Å². The SMILES string of the molecule is O=C(/C=C/c1cccc(Cl)c1)Nc1cccc2cccnc12. The van der Waals surface area contributed by atoms with Crippen molar-refractivity contribution in [2.24, 2.45) is 0 Å². The van der Waals surface area contributed by atoms with Crippen molar-refractivity contribution in [3.8, 4) is 0 Å². The molecule has 0 aliphatic carbocycles. The van der Waals surface area contributed by atoms with E-state index in [9.17, 15) is 4.79 Å². The highest BCUT2D eigenvalue weighted by Crippen LogP contribution is 2.20. The first kappa shape index (κ1) is 14.3. The van der Waals surface area contributed by atoms with Crippen LogP contribution in [0.2, 0.25) is 5.02 Å². The van der Waals surface area contributed by atoms with Gasteiger partial charge in [0.15, 0.2) is 0 Å². The van der Waals surface area contributed by atoms with Gasteiger partial charge in [-0.25, -0.2) is 0 Å². The summed E-state index contributed by atoms with van der Waals surface area (Å²) in [5.74, 6) is -0.210. The number of aromatic nitrogens is 1. The van der Waals surface area contributed by atoms with E-state index in [-0.39, 0.29) is 5.91 Å². The zero-order chi connectivity index (χ0) is 15.4. The molecule has 3 nitrogen and oxygen atoms in total. The molecule has 0 aliphatic rings. The van der Waals surface area contributed by atoms with Crippen molar-refractivity contribution in [1.29, 1.82) is 0 Å². The van der Waals surface area contributed by atoms with Crippen molar-refractivity contribution >= 4 is 40.2 Å². The summed E-state index contributed by atoms with van der Waals surface area (Å²) in [7, 11) is 0. The molecule has 22 heavy (non-hydrogen) atoms. The normalized spacial score (nSPS) is 11.0. The van der Waals surface area contributed by atoms with Gasteiger partial charge in [-0.05, 0) is 35.9 Å². The first-order valence-corrected chi connectivity index (χ1v) is 7.18. The number of carbonyl (C=O) groups excluding carboxylic acids is 1. The molecule has 0 bridgehead atoms. The lowest BCUT2D eigenvalue weighted by Gasteiger charge is -2.05. The zero-order valence-electron chi connectivity index (χ0n) is 11.7. The Hall–Kier alpha value is -2.65. The summed E-state index contributed by atoms with van der Waals surface area (Å²) in [5, 5.41) is 4.47. The quantitative estimate of drug-likeness (QED) is 0.722. The highest BCUT2D eigenvalue weighted by Gasteiger charge is 2.03. The summed E-state index contributed by atoms with van der Waals surface area (Å²) in [5.41, 5.74) is 2.34. The molecule has 4 heteroatoms. The third kappa shape index (κ3) is 3.32. The minimum atomic E-state index is -0.210. The maximum absolute atomic E-state index is 12.1. The molecule has 0 unspecified atom stereocenters. The zero-order valence-corrected chi connectivity index (χ0v) is 12.4. The molecular formula is C18H13ClN2O. The molecule has 1 heterocycles. The number of halogens is 1. The molecule has 1 aromatic heterocycles. The molecule has 1 amide bonds. The van der Waals surface area contributed by atoms with Crippen LogP contribution < -0.4 is 5.32 Å². The second-order valence-corrected chi connectivity index (χ2v) is 5.19. The molecule has 2 aromatic carbocycles. The van der Waals surface area contributed by atoms with Crippen LogP contribution >= 0.6 is 11.6 Å². The van der Waals surface area contributed by atoms with E-state index in [0.29, 0.717) is 10.7 Å². The predicted octanol–water partition coefficient (Wildman–Crippen LogP) is 4.54. The van der Waals surface area contributed by atoms with E-state index >= 15 is 0 Å². The van der Waals surface area contributed by atoms with E-state index in [1.54, 1.807) is 24.4 Å². The monoisotopic (exact) mass is 308 g/mol. The van der Waals surface area contributed by atoms with Gasteiger partial charge in [-0.15, -0.1) is 0 Å². The van der Waals surface area contributed by atoms with Crippen LogP contribution in [0.3, 0.4) is 0 Å². The summed E-state index contributed by atoms with van der Waals surface area (Å²) in [6.07, 6.45) is 4.91. The third-order valence-corrected chi connectivity index (χ3v) is 3.40. The number of carbonyl (C=O) groups is 1. The summed E-state index contributed by atoms with van der Waals surface area (Å²) >= 11 is 5.91. The lowest BCUT2D eigenvalue weighted by atomic mass is 10.2. The Balaban J connectivity index is 1.79. The van der Waals surface area contributed by atoms with Gasteiger partial charge in [0.25, 0.3) is 0 Å². The number of amides is 1. The maximum Gasteiger partial charge on any atom is 0.248 e. The fraction of sp³-hybridized carbons (Fsp3) is 0. The number of pyridine rings is 1. The third-order valence-electron chi connectivity index (χ3n) is 3.17. The fourth-order valence-electron chi connectivity index (χ4n) is 2.16. The fourth-order valence-corrected chi connectivity index (χ4v) is 2.36. The smallest absolute Gasteiger partial charge is 0.248 e. The van der Waals surface area contributed by atoms with Crippen molar-refractivity contribution in [2.75, 3.05) is 5.32 Å². The van der Waals surface area contributed by atoms with Gasteiger partial charge in [0, 0.05) is 22.7 Å². The number of hydrogen-bond donors (Lipinski definition) is 1. The summed E-state index contributed by atoms with van der Waals surface area (Å²) in [6.45, 7) is 0. The number of hydrogen-bond acceptors (Lipinski definition) is 2. The Bertz CT molecular complexity index is 853. The summed E-state index contributed by atoms with van der Waals surface area (Å²) in [6, 6.07) is 16.8. The molecule has 0 atom stereocenters. The molecule has 0 aliphatic heterocycles. The lowest BCUT2D eigenvalue weighted by Crippen LogP contribution is -2.08. The molecule has 3 aromatic rings. The van der Waals surface area contributed by atoms with Crippen LogP contribution in [0.25, 0.3) is 17.0 Å². The first-order valence-electron chi connectivity index (χ1n) is 6.81. The van der Waals surface area contributed by atoms with Crippen molar-refractivity contribution in [3.05, 3.63) is 77.5 Å². The number of nitrogens with zero attached hydrogens (tertiary/aromatic N) is 1. The van der Waals surface area contributed by atoms with Crippen molar-refractivity contribution in [1.82, 2.24) is 4.98 Å². The largest absolute Gasteiger partial charge is 0.321 e. The Morgan fingerprint density at radius 2 is 1.91 bits per heavy atom. The minimum Gasteiger partial charge on any atom is -0.321 e. The second-order valence-electron chi connectivity index (χ2n) is 4.76. The number of benzene rings is 2. The van der Waals surface area contributed by atoms with Gasteiger partial charge in [-0.3, -0.25) is 9.78 Å². The van der Waals surface area contributed by atoms with Gasteiger partial charge < -0.3 is 5.32 Å². The first-order chi connectivity index (χ1) is 10.7. The minimum absolute atomic E-state index is 0.210. The van der Waals surface area contributed by atoms with E-state index < -0.39 is 0 Å². The van der Waals surface area contributed by atoms with E-state index in [2.05, 4.69) is 10.3 Å². The average Bonchev–Trinajstić information content (AvgIpc) is 2.53. The molecule has 0 radical (unpaired) electrons. The van der Waals surface area contributed by atoms with Gasteiger partial charge in [0.1, 0.15) is 0 Å². The lowest BCUT2D eigenvalue weighted by molar-refractivity contribution is -0.111. The van der Waals surface area contributed by atoms with Crippen molar-refractivity contribution < 1.29 is 4.79 Å². The molecule has 0 saturated heterocycles. The Morgan fingerprint density at radius 3 is 2.77 bits per heavy atom. The van der Waals surface area contributed by atoms with Gasteiger partial charge >= 0.3 is 0 Å². The molecule has 3 rings (SSSR count). The van der Waals surface area contributed by atoms with E-state index in [1.165, 1.54) is 6.08 Å².